The molecule has 4 aromatic rings. The number of nitrogens with zero attached hydrogens (tertiary/aromatic N) is 2. The zero-order valence-corrected chi connectivity index (χ0v) is 20.3. The first-order valence-corrected chi connectivity index (χ1v) is 12.8. The fourth-order valence-electron chi connectivity index (χ4n) is 4.87. The fraction of sp³-hybridized carbons (Fsp3) is 0.148. The third kappa shape index (κ3) is 3.73. The average molecular weight is 502 g/mol. The van der Waals surface area contributed by atoms with Gasteiger partial charge in [-0.1, -0.05) is 48.0 Å². The van der Waals surface area contributed by atoms with Crippen LogP contribution in [0.2, 0.25) is 0 Å². The normalized spacial score (nSPS) is 16.0. The van der Waals surface area contributed by atoms with E-state index in [4.69, 9.17) is 0 Å². The summed E-state index contributed by atoms with van der Waals surface area (Å²) in [5.74, 6) is -0.510. The number of aromatic amines is 1. The molecule has 1 atom stereocenters. The number of aromatic nitrogens is 1. The molecule has 9 heteroatoms. The number of carbonyl (C=O) groups is 1. The topological polar surface area (TPSA) is 113 Å². The molecule has 3 aromatic carbocycles. The molecule has 0 saturated carbocycles. The van der Waals surface area contributed by atoms with Crippen molar-refractivity contribution in [3.8, 4) is 0 Å². The first-order valence-electron chi connectivity index (χ1n) is 11.4. The van der Waals surface area contributed by atoms with Crippen LogP contribution >= 0.6 is 0 Å². The van der Waals surface area contributed by atoms with Crippen molar-refractivity contribution in [1.82, 2.24) is 9.29 Å². The maximum atomic E-state index is 13.7. The number of hydrogen-bond donors (Lipinski definition) is 1. The van der Waals surface area contributed by atoms with Crippen LogP contribution < -0.4 is 0 Å². The van der Waals surface area contributed by atoms with Gasteiger partial charge in [0.05, 0.1) is 21.6 Å². The van der Waals surface area contributed by atoms with E-state index in [9.17, 15) is 23.3 Å². The molecule has 1 aliphatic rings. The van der Waals surface area contributed by atoms with Crippen LogP contribution in [0.3, 0.4) is 0 Å². The molecule has 36 heavy (non-hydrogen) atoms. The molecule has 0 bridgehead atoms. The van der Waals surface area contributed by atoms with Crippen molar-refractivity contribution < 1.29 is 18.1 Å². The van der Waals surface area contributed by atoms with E-state index in [1.54, 1.807) is 42.5 Å². The van der Waals surface area contributed by atoms with Crippen LogP contribution in [0.25, 0.3) is 10.9 Å². The van der Waals surface area contributed by atoms with Crippen molar-refractivity contribution in [3.05, 3.63) is 117 Å². The Labute approximate surface area is 208 Å². The van der Waals surface area contributed by atoms with Crippen LogP contribution in [0.4, 0.5) is 5.69 Å². The Hall–Kier alpha value is -4.08. The van der Waals surface area contributed by atoms with Gasteiger partial charge < -0.3 is 4.98 Å². The molecular weight excluding hydrogens is 478 g/mol. The molecule has 182 valence electrons. The number of aryl methyl sites for hydroxylation is 1. The van der Waals surface area contributed by atoms with Gasteiger partial charge in [0.25, 0.3) is 5.69 Å². The number of H-pyrrole nitrogens is 1. The van der Waals surface area contributed by atoms with Crippen LogP contribution in [0.15, 0.2) is 84.3 Å². The van der Waals surface area contributed by atoms with E-state index in [0.717, 1.165) is 10.9 Å². The van der Waals surface area contributed by atoms with E-state index in [1.165, 1.54) is 22.5 Å². The third-order valence-corrected chi connectivity index (χ3v) is 8.49. The maximum Gasteiger partial charge on any atom is 0.280 e. The van der Waals surface area contributed by atoms with Crippen LogP contribution in [-0.4, -0.2) is 35.0 Å². The van der Waals surface area contributed by atoms with Gasteiger partial charge in [-0.3, -0.25) is 14.9 Å². The molecule has 0 fully saturated rings. The minimum absolute atomic E-state index is 0.0273. The zero-order chi connectivity index (χ0) is 25.6. The zero-order valence-electron chi connectivity index (χ0n) is 19.5. The van der Waals surface area contributed by atoms with Gasteiger partial charge in [-0.15, -0.1) is 6.58 Å². The highest BCUT2D eigenvalue weighted by molar-refractivity contribution is 7.89. The first-order chi connectivity index (χ1) is 17.2. The molecule has 0 amide bonds. The molecule has 1 aliphatic heterocycles. The lowest BCUT2D eigenvalue weighted by Gasteiger charge is -2.28. The van der Waals surface area contributed by atoms with E-state index in [-0.39, 0.29) is 34.8 Å². The van der Waals surface area contributed by atoms with Gasteiger partial charge in [0.15, 0.2) is 0 Å². The summed E-state index contributed by atoms with van der Waals surface area (Å²) < 4.78 is 28.8. The lowest BCUT2D eigenvalue weighted by Crippen LogP contribution is -2.35. The second kappa shape index (κ2) is 8.85. The molecule has 1 N–H and O–H groups in total. The van der Waals surface area contributed by atoms with Crippen LogP contribution in [0.1, 0.15) is 38.8 Å². The average Bonchev–Trinajstić information content (AvgIpc) is 3.15. The van der Waals surface area contributed by atoms with Crippen molar-refractivity contribution in [3.63, 3.8) is 0 Å². The molecule has 8 nitrogen and oxygen atoms in total. The standard InChI is InChI=1S/C27H23N3O5S/c1-3-23-19-8-6-9-22-25(19)21(15-16-29(23)36(34,35)18-13-11-17(2)12-14-18)26(28-22)27(31)20-7-4-5-10-24(20)30(32)33/h3-14,23,28H,1,15-16H2,2H3/t23-/m1/s1. The van der Waals surface area contributed by atoms with Crippen LogP contribution in [0, 0.1) is 17.0 Å². The molecule has 0 saturated heterocycles. The van der Waals surface area contributed by atoms with Gasteiger partial charge in [-0.05, 0) is 48.7 Å². The van der Waals surface area contributed by atoms with Gasteiger partial charge in [0, 0.05) is 23.5 Å². The highest BCUT2D eigenvalue weighted by atomic mass is 32.2. The van der Waals surface area contributed by atoms with Crippen molar-refractivity contribution >= 4 is 32.4 Å². The molecule has 2 heterocycles. The first kappa shape index (κ1) is 23.7. The van der Waals surface area contributed by atoms with Gasteiger partial charge in [0.2, 0.25) is 15.8 Å². The monoisotopic (exact) mass is 501 g/mol. The van der Waals surface area contributed by atoms with Crippen molar-refractivity contribution in [2.45, 2.75) is 24.3 Å². The number of sulfonamides is 1. The quantitative estimate of drug-likeness (QED) is 0.171. The molecule has 0 spiro atoms. The number of nitro benzene ring substituents is 1. The van der Waals surface area contributed by atoms with Crippen molar-refractivity contribution in [1.29, 1.82) is 0 Å². The number of ketones is 1. The van der Waals surface area contributed by atoms with Gasteiger partial charge in [-0.25, -0.2) is 8.42 Å². The summed E-state index contributed by atoms with van der Waals surface area (Å²) in [6, 6.07) is 17.2. The molecule has 0 unspecified atom stereocenters. The van der Waals surface area contributed by atoms with E-state index < -0.39 is 26.8 Å². The Balaban J connectivity index is 1.66. The van der Waals surface area contributed by atoms with Crippen LogP contribution in [0.5, 0.6) is 0 Å². The number of benzene rings is 3. The number of hydrogen-bond acceptors (Lipinski definition) is 5. The summed E-state index contributed by atoms with van der Waals surface area (Å²) in [5.41, 5.74) is 2.86. The maximum absolute atomic E-state index is 13.7. The molecule has 5 rings (SSSR count). The van der Waals surface area contributed by atoms with Gasteiger partial charge >= 0.3 is 0 Å². The number of carbonyl (C=O) groups excluding carboxylic acids is 1. The lowest BCUT2D eigenvalue weighted by molar-refractivity contribution is -0.385. The Morgan fingerprint density at radius 3 is 2.53 bits per heavy atom. The van der Waals surface area contributed by atoms with Gasteiger partial charge in [-0.2, -0.15) is 4.31 Å². The number of para-hydroxylation sites is 1. The van der Waals surface area contributed by atoms with E-state index in [1.807, 2.05) is 19.1 Å². The summed E-state index contributed by atoms with van der Waals surface area (Å²) in [6.07, 6.45) is 1.83. The molecular formula is C27H23N3O5S. The SMILES string of the molecule is C=C[C@@H]1c2cccc3[nH]c(C(=O)c4ccccc4[N+](=O)[O-])c(c23)CCN1S(=O)(=O)c1ccc(C)cc1. The summed E-state index contributed by atoms with van der Waals surface area (Å²) >= 11 is 0. The van der Waals surface area contributed by atoms with Gasteiger partial charge in [0.1, 0.15) is 5.56 Å². The summed E-state index contributed by atoms with van der Waals surface area (Å²) in [7, 11) is -3.88. The predicted molar refractivity (Wildman–Crippen MR) is 137 cm³/mol. The van der Waals surface area contributed by atoms with E-state index in [2.05, 4.69) is 11.6 Å². The number of rotatable bonds is 6. The minimum Gasteiger partial charge on any atom is -0.352 e. The third-order valence-electron chi connectivity index (χ3n) is 6.59. The largest absolute Gasteiger partial charge is 0.352 e. The smallest absolute Gasteiger partial charge is 0.280 e. The highest BCUT2D eigenvalue weighted by Gasteiger charge is 2.36. The summed E-state index contributed by atoms with van der Waals surface area (Å²) in [6.45, 7) is 5.91. The van der Waals surface area contributed by atoms with Crippen molar-refractivity contribution in [2.24, 2.45) is 0 Å². The number of nitro groups is 1. The highest BCUT2D eigenvalue weighted by Crippen LogP contribution is 2.39. The molecule has 0 radical (unpaired) electrons. The second-order valence-electron chi connectivity index (χ2n) is 8.71. The Morgan fingerprint density at radius 1 is 1.11 bits per heavy atom. The minimum atomic E-state index is -3.88. The fourth-order valence-corrected chi connectivity index (χ4v) is 6.45. The Kier molecular flexibility index (Phi) is 5.82. The summed E-state index contributed by atoms with van der Waals surface area (Å²) in [4.78, 5) is 27.9. The predicted octanol–water partition coefficient (Wildman–Crippen LogP) is 5.09. The number of nitrogens with one attached hydrogen (secondary N) is 1. The van der Waals surface area contributed by atoms with Crippen LogP contribution in [-0.2, 0) is 16.4 Å². The van der Waals surface area contributed by atoms with E-state index in [0.29, 0.717) is 16.6 Å². The second-order valence-corrected chi connectivity index (χ2v) is 10.6. The Bertz CT molecular complexity index is 1640. The molecule has 1 aromatic heterocycles. The van der Waals surface area contributed by atoms with E-state index >= 15 is 0 Å². The Morgan fingerprint density at radius 2 is 1.83 bits per heavy atom. The lowest BCUT2D eigenvalue weighted by atomic mass is 9.97. The molecule has 0 aliphatic carbocycles. The summed E-state index contributed by atoms with van der Waals surface area (Å²) in [5, 5.41) is 12.3. The van der Waals surface area contributed by atoms with Crippen molar-refractivity contribution in [2.75, 3.05) is 6.54 Å².